The summed E-state index contributed by atoms with van der Waals surface area (Å²) in [5, 5.41) is 8.24. The maximum absolute atomic E-state index is 10.9. The molecule has 0 saturated heterocycles. The van der Waals surface area contributed by atoms with E-state index in [9.17, 15) is 4.79 Å². The van der Waals surface area contributed by atoms with Gasteiger partial charge in [-0.3, -0.25) is 4.79 Å². The molecule has 1 aromatic heterocycles. The second-order valence-corrected chi connectivity index (χ2v) is 4.60. The molecule has 5 nitrogen and oxygen atoms in total. The third kappa shape index (κ3) is 2.08. The van der Waals surface area contributed by atoms with Crippen molar-refractivity contribution < 1.29 is 4.79 Å². The van der Waals surface area contributed by atoms with Crippen molar-refractivity contribution in [3.05, 3.63) is 11.4 Å². The highest BCUT2D eigenvalue weighted by Gasteiger charge is 2.37. The van der Waals surface area contributed by atoms with Gasteiger partial charge in [0.05, 0.1) is 23.9 Å². The Morgan fingerprint density at radius 2 is 2.31 bits per heavy atom. The molecular weight excluding hydrogens is 204 g/mol. The summed E-state index contributed by atoms with van der Waals surface area (Å²) in [6.45, 7) is 4.32. The van der Waals surface area contributed by atoms with Crippen molar-refractivity contribution in [2.75, 3.05) is 0 Å². The van der Waals surface area contributed by atoms with Gasteiger partial charge in [-0.1, -0.05) is 25.5 Å². The highest BCUT2D eigenvalue weighted by atomic mass is 16.1. The fraction of sp³-hybridized carbons (Fsp3) is 0.727. The molecule has 0 aromatic carbocycles. The van der Waals surface area contributed by atoms with Crippen LogP contribution < -0.4 is 5.73 Å². The van der Waals surface area contributed by atoms with Crippen molar-refractivity contribution in [1.82, 2.24) is 15.0 Å². The van der Waals surface area contributed by atoms with Crippen LogP contribution in [0.3, 0.4) is 0 Å². The van der Waals surface area contributed by atoms with Crippen LogP contribution in [0.25, 0.3) is 0 Å². The third-order valence-electron chi connectivity index (χ3n) is 3.08. The Balaban J connectivity index is 2.24. The molecule has 1 aliphatic carbocycles. The molecule has 0 bridgehead atoms. The Morgan fingerprint density at radius 1 is 1.62 bits per heavy atom. The molecule has 1 amide bonds. The van der Waals surface area contributed by atoms with E-state index in [1.54, 1.807) is 0 Å². The lowest BCUT2D eigenvalue weighted by atomic mass is 10.1. The van der Waals surface area contributed by atoms with E-state index in [0.717, 1.165) is 30.7 Å². The number of aromatic nitrogens is 3. The number of hydrogen-bond donors (Lipinski definition) is 1. The van der Waals surface area contributed by atoms with Crippen LogP contribution in [0.4, 0.5) is 0 Å². The summed E-state index contributed by atoms with van der Waals surface area (Å²) in [6.07, 6.45) is 3.31. The van der Waals surface area contributed by atoms with Crippen molar-refractivity contribution in [2.45, 2.75) is 45.6 Å². The number of amides is 1. The third-order valence-corrected chi connectivity index (χ3v) is 3.08. The quantitative estimate of drug-likeness (QED) is 0.802. The van der Waals surface area contributed by atoms with Crippen LogP contribution in [-0.2, 0) is 17.6 Å². The van der Waals surface area contributed by atoms with Crippen LogP contribution in [0.1, 0.15) is 44.1 Å². The van der Waals surface area contributed by atoms with Gasteiger partial charge in [0.15, 0.2) is 0 Å². The van der Waals surface area contributed by atoms with Gasteiger partial charge >= 0.3 is 0 Å². The van der Waals surface area contributed by atoms with Gasteiger partial charge in [0, 0.05) is 0 Å². The van der Waals surface area contributed by atoms with Crippen LogP contribution in [0.2, 0.25) is 0 Å². The van der Waals surface area contributed by atoms with E-state index in [2.05, 4.69) is 24.2 Å². The summed E-state index contributed by atoms with van der Waals surface area (Å²) in [5.41, 5.74) is 7.05. The van der Waals surface area contributed by atoms with E-state index in [1.807, 2.05) is 4.68 Å². The molecule has 2 rings (SSSR count). The average Bonchev–Trinajstić information content (AvgIpc) is 2.80. The highest BCUT2D eigenvalue weighted by molar-refractivity contribution is 5.76. The molecule has 2 unspecified atom stereocenters. The van der Waals surface area contributed by atoms with Crippen molar-refractivity contribution in [3.63, 3.8) is 0 Å². The first kappa shape index (κ1) is 11.1. The molecule has 5 heteroatoms. The van der Waals surface area contributed by atoms with E-state index in [0.29, 0.717) is 12.0 Å². The zero-order valence-electron chi connectivity index (χ0n) is 9.81. The Kier molecular flexibility index (Phi) is 2.94. The smallest absolute Gasteiger partial charge is 0.223 e. The van der Waals surface area contributed by atoms with Gasteiger partial charge in [-0.25, -0.2) is 4.68 Å². The summed E-state index contributed by atoms with van der Waals surface area (Å²) in [4.78, 5) is 10.9. The van der Waals surface area contributed by atoms with Crippen LogP contribution >= 0.6 is 0 Å². The van der Waals surface area contributed by atoms with Gasteiger partial charge in [-0.05, 0) is 18.8 Å². The molecule has 1 aliphatic rings. The van der Waals surface area contributed by atoms with Gasteiger partial charge in [-0.15, -0.1) is 5.10 Å². The summed E-state index contributed by atoms with van der Waals surface area (Å²) in [6, 6.07) is 0.482. The summed E-state index contributed by atoms with van der Waals surface area (Å²) in [7, 11) is 0. The van der Waals surface area contributed by atoms with E-state index in [1.165, 1.54) is 0 Å². The van der Waals surface area contributed by atoms with Crippen molar-refractivity contribution in [3.8, 4) is 0 Å². The molecule has 1 aromatic rings. The lowest BCUT2D eigenvalue weighted by molar-refractivity contribution is -0.117. The number of carbonyl (C=O) groups is 1. The summed E-state index contributed by atoms with van der Waals surface area (Å²) < 4.78 is 1.99. The number of primary amides is 1. The first-order valence-electron chi connectivity index (χ1n) is 5.84. The molecule has 88 valence electrons. The number of rotatable bonds is 5. The molecule has 2 N–H and O–H groups in total. The van der Waals surface area contributed by atoms with Gasteiger partial charge in [-0.2, -0.15) is 0 Å². The Hall–Kier alpha value is -1.39. The molecular formula is C11H18N4O. The molecule has 1 saturated carbocycles. The van der Waals surface area contributed by atoms with E-state index >= 15 is 0 Å². The fourth-order valence-electron chi connectivity index (χ4n) is 2.05. The topological polar surface area (TPSA) is 73.8 Å². The zero-order valence-corrected chi connectivity index (χ0v) is 9.81. The maximum Gasteiger partial charge on any atom is 0.223 e. The maximum atomic E-state index is 10.9. The van der Waals surface area contributed by atoms with Gasteiger partial charge in [0.1, 0.15) is 0 Å². The predicted molar refractivity (Wildman–Crippen MR) is 59.7 cm³/mol. The van der Waals surface area contributed by atoms with Gasteiger partial charge < -0.3 is 5.73 Å². The van der Waals surface area contributed by atoms with Crippen molar-refractivity contribution in [2.24, 2.45) is 11.7 Å². The number of carbonyl (C=O) groups excluding carboxylic acids is 1. The Morgan fingerprint density at radius 3 is 2.81 bits per heavy atom. The van der Waals surface area contributed by atoms with E-state index in [4.69, 9.17) is 5.73 Å². The van der Waals surface area contributed by atoms with Crippen molar-refractivity contribution >= 4 is 5.91 Å². The molecule has 2 atom stereocenters. The number of hydrogen-bond acceptors (Lipinski definition) is 3. The highest BCUT2D eigenvalue weighted by Crippen LogP contribution is 2.43. The Labute approximate surface area is 95.0 Å². The Bertz CT molecular complexity index is 399. The molecule has 16 heavy (non-hydrogen) atoms. The second kappa shape index (κ2) is 4.23. The zero-order chi connectivity index (χ0) is 11.7. The van der Waals surface area contributed by atoms with Gasteiger partial charge in [0.25, 0.3) is 0 Å². The van der Waals surface area contributed by atoms with Crippen LogP contribution in [0, 0.1) is 5.92 Å². The number of nitrogens with zero attached hydrogens (tertiary/aromatic N) is 3. The minimum Gasteiger partial charge on any atom is -0.369 e. The first-order valence-corrected chi connectivity index (χ1v) is 5.84. The predicted octanol–water partition coefficient (Wildman–Crippen LogP) is 0.839. The molecule has 1 fully saturated rings. The summed E-state index contributed by atoms with van der Waals surface area (Å²) in [5.74, 6) is 0.340. The monoisotopic (exact) mass is 222 g/mol. The van der Waals surface area contributed by atoms with Crippen LogP contribution in [0.15, 0.2) is 0 Å². The molecule has 0 radical (unpaired) electrons. The lowest BCUT2D eigenvalue weighted by Gasteiger charge is -2.05. The lowest BCUT2D eigenvalue weighted by Crippen LogP contribution is -2.15. The second-order valence-electron chi connectivity index (χ2n) is 4.60. The summed E-state index contributed by atoms with van der Waals surface area (Å²) >= 11 is 0. The normalized spacial score (nSPS) is 23.4. The minimum atomic E-state index is -0.340. The molecule has 0 aliphatic heterocycles. The van der Waals surface area contributed by atoms with E-state index in [-0.39, 0.29) is 12.3 Å². The minimum absolute atomic E-state index is 0.205. The average molecular weight is 222 g/mol. The largest absolute Gasteiger partial charge is 0.369 e. The first-order chi connectivity index (χ1) is 7.63. The van der Waals surface area contributed by atoms with Crippen molar-refractivity contribution in [1.29, 1.82) is 0 Å². The molecule has 0 spiro atoms. The van der Waals surface area contributed by atoms with Crippen LogP contribution in [-0.4, -0.2) is 20.9 Å². The SMILES string of the molecule is CCCc1c(CC(N)=O)nnn1C1CC1C. The van der Waals surface area contributed by atoms with E-state index < -0.39 is 0 Å². The molecule has 1 heterocycles. The fourth-order valence-corrected chi connectivity index (χ4v) is 2.05. The number of nitrogens with two attached hydrogens (primary N) is 1. The van der Waals surface area contributed by atoms with Gasteiger partial charge in [0.2, 0.25) is 5.91 Å². The standard InChI is InChI=1S/C11H18N4O/c1-3-4-9-8(6-11(12)16)13-14-15(9)10-5-7(10)2/h7,10H,3-6H2,1-2H3,(H2,12,16). The van der Waals surface area contributed by atoms with Crippen LogP contribution in [0.5, 0.6) is 0 Å².